The van der Waals surface area contributed by atoms with Crippen LogP contribution in [0.15, 0.2) is 36.0 Å². The third-order valence-corrected chi connectivity index (χ3v) is 6.61. The van der Waals surface area contributed by atoms with E-state index >= 15 is 0 Å². The second-order valence-electron chi connectivity index (χ2n) is 8.22. The maximum Gasteiger partial charge on any atom is 0.331 e. The summed E-state index contributed by atoms with van der Waals surface area (Å²) in [5.74, 6) is -0.598. The lowest BCUT2D eigenvalue weighted by Crippen LogP contribution is -2.40. The van der Waals surface area contributed by atoms with Gasteiger partial charge in [0.2, 0.25) is 0 Å². The van der Waals surface area contributed by atoms with Gasteiger partial charge in [0.15, 0.2) is 11.6 Å². The Hall–Kier alpha value is -1.97. The Balaban J connectivity index is 1.86. The van der Waals surface area contributed by atoms with E-state index in [4.69, 9.17) is 0 Å². The van der Waals surface area contributed by atoms with Crippen molar-refractivity contribution in [1.82, 2.24) is 0 Å². The molecule has 0 aromatic carbocycles. The third kappa shape index (κ3) is 3.74. The lowest BCUT2D eigenvalue weighted by Gasteiger charge is -2.39. The van der Waals surface area contributed by atoms with Crippen molar-refractivity contribution < 1.29 is 19.5 Å². The molecule has 0 radical (unpaired) electrons. The minimum Gasteiger partial charge on any atom is -0.478 e. The first-order valence-electron chi connectivity index (χ1n) is 9.75. The molecule has 0 saturated heterocycles. The molecule has 1 saturated carbocycles. The molecule has 3 aliphatic carbocycles. The molecular formula is C22H28O4. The van der Waals surface area contributed by atoms with Gasteiger partial charge in [-0.2, -0.15) is 0 Å². The number of allylic oxidation sites excluding steroid dienone is 4. The third-order valence-electron chi connectivity index (χ3n) is 6.61. The summed E-state index contributed by atoms with van der Waals surface area (Å²) >= 11 is 0. The van der Waals surface area contributed by atoms with E-state index in [2.05, 4.69) is 19.6 Å². The van der Waals surface area contributed by atoms with E-state index in [1.54, 1.807) is 0 Å². The van der Waals surface area contributed by atoms with Crippen molar-refractivity contribution >= 4 is 17.5 Å². The summed E-state index contributed by atoms with van der Waals surface area (Å²) < 4.78 is 0. The van der Waals surface area contributed by atoms with Gasteiger partial charge in [-0.15, -0.1) is 0 Å². The van der Waals surface area contributed by atoms with E-state index in [1.807, 2.05) is 0 Å². The molecule has 26 heavy (non-hydrogen) atoms. The first kappa shape index (κ1) is 18.8. The average molecular weight is 356 g/mol. The fourth-order valence-corrected chi connectivity index (χ4v) is 4.93. The molecule has 0 heterocycles. The zero-order valence-corrected chi connectivity index (χ0v) is 15.4. The van der Waals surface area contributed by atoms with Crippen molar-refractivity contribution in [3.05, 3.63) is 36.0 Å². The number of ketones is 2. The summed E-state index contributed by atoms with van der Waals surface area (Å²) in [6, 6.07) is 0. The maximum atomic E-state index is 12.6. The van der Waals surface area contributed by atoms with Crippen LogP contribution in [0, 0.1) is 29.6 Å². The summed E-state index contributed by atoms with van der Waals surface area (Å²) in [7, 11) is 0. The molecule has 5 atom stereocenters. The van der Waals surface area contributed by atoms with Gasteiger partial charge in [0, 0.05) is 17.4 Å². The van der Waals surface area contributed by atoms with Crippen LogP contribution in [0.1, 0.15) is 51.9 Å². The number of hydrogen-bond acceptors (Lipinski definition) is 3. The maximum absolute atomic E-state index is 12.6. The molecule has 0 amide bonds. The highest BCUT2D eigenvalue weighted by molar-refractivity contribution is 6.07. The van der Waals surface area contributed by atoms with Gasteiger partial charge >= 0.3 is 5.97 Å². The number of carboxylic acids is 1. The molecule has 3 rings (SSSR count). The van der Waals surface area contributed by atoms with Crippen molar-refractivity contribution in [2.45, 2.75) is 51.9 Å². The molecule has 140 valence electrons. The minimum absolute atomic E-state index is 0.0177. The van der Waals surface area contributed by atoms with Gasteiger partial charge in [-0.3, -0.25) is 9.59 Å². The number of hydrogen-bond donors (Lipinski definition) is 1. The van der Waals surface area contributed by atoms with Crippen molar-refractivity contribution in [2.75, 3.05) is 0 Å². The van der Waals surface area contributed by atoms with Crippen LogP contribution in [0.4, 0.5) is 0 Å². The summed E-state index contributed by atoms with van der Waals surface area (Å²) in [6.07, 6.45) is 11.0. The Morgan fingerprint density at radius 1 is 1.04 bits per heavy atom. The molecule has 4 nitrogen and oxygen atoms in total. The zero-order valence-electron chi connectivity index (χ0n) is 15.4. The van der Waals surface area contributed by atoms with Gasteiger partial charge in [-0.25, -0.2) is 4.79 Å². The standard InChI is InChI=1S/C22H28O4/c1-13-3-5-15(14(2)22(25)26)6-7-16-8-10-18-19(23)11-12-20(24)21(18)17(16)9-4-13/h8,11-13,15,17-18,21H,2-7,9-10H2,1H3,(H,25,26). The van der Waals surface area contributed by atoms with Crippen LogP contribution in [0.2, 0.25) is 0 Å². The highest BCUT2D eigenvalue weighted by Crippen LogP contribution is 2.44. The van der Waals surface area contributed by atoms with Gasteiger partial charge in [-0.1, -0.05) is 38.0 Å². The molecule has 0 aliphatic heterocycles. The second kappa shape index (κ2) is 7.73. The van der Waals surface area contributed by atoms with E-state index in [0.29, 0.717) is 17.9 Å². The molecule has 3 aliphatic rings. The smallest absolute Gasteiger partial charge is 0.331 e. The SMILES string of the molecule is C=C(C(=O)O)C1CCC2=CCC3C(=O)C=CC(=O)C3C2CCC(C)CC1. The number of carboxylic acid groups (broad SMARTS) is 1. The van der Waals surface area contributed by atoms with Gasteiger partial charge in [0.25, 0.3) is 0 Å². The fraction of sp³-hybridized carbons (Fsp3) is 0.591. The molecular weight excluding hydrogens is 328 g/mol. The topological polar surface area (TPSA) is 71.4 Å². The van der Waals surface area contributed by atoms with E-state index < -0.39 is 5.97 Å². The number of carbonyl (C=O) groups is 3. The van der Waals surface area contributed by atoms with Crippen molar-refractivity contribution in [3.8, 4) is 0 Å². The second-order valence-corrected chi connectivity index (χ2v) is 8.22. The Labute approximate surface area is 155 Å². The van der Waals surface area contributed by atoms with E-state index in [-0.39, 0.29) is 35.2 Å². The highest BCUT2D eigenvalue weighted by atomic mass is 16.4. The lowest BCUT2D eigenvalue weighted by atomic mass is 9.63. The predicted molar refractivity (Wildman–Crippen MR) is 99.5 cm³/mol. The monoisotopic (exact) mass is 356 g/mol. The molecule has 0 spiro atoms. The van der Waals surface area contributed by atoms with Crippen LogP contribution in [-0.2, 0) is 14.4 Å². The minimum atomic E-state index is -0.910. The first-order chi connectivity index (χ1) is 12.4. The summed E-state index contributed by atoms with van der Waals surface area (Å²) in [5, 5.41) is 9.33. The molecule has 1 N–H and O–H groups in total. The molecule has 1 fully saturated rings. The number of rotatable bonds is 2. The van der Waals surface area contributed by atoms with Crippen molar-refractivity contribution in [3.63, 3.8) is 0 Å². The zero-order chi connectivity index (χ0) is 18.8. The molecule has 0 aromatic heterocycles. The molecule has 5 unspecified atom stereocenters. The summed E-state index contributed by atoms with van der Waals surface area (Å²) in [5.41, 5.74) is 1.55. The Kier molecular flexibility index (Phi) is 5.59. The Morgan fingerprint density at radius 3 is 2.46 bits per heavy atom. The summed E-state index contributed by atoms with van der Waals surface area (Å²) in [6.45, 7) is 5.99. The largest absolute Gasteiger partial charge is 0.478 e. The molecule has 0 bridgehead atoms. The molecule has 0 aromatic rings. The van der Waals surface area contributed by atoms with Gasteiger partial charge < -0.3 is 5.11 Å². The molecule has 4 heteroatoms. The normalized spacial score (nSPS) is 35.1. The number of fused-ring (bicyclic) bond motifs is 3. The predicted octanol–water partition coefficient (Wildman–Crippen LogP) is 4.12. The van der Waals surface area contributed by atoms with E-state index in [0.717, 1.165) is 38.5 Å². The van der Waals surface area contributed by atoms with Crippen LogP contribution in [0.25, 0.3) is 0 Å². The van der Waals surface area contributed by atoms with Crippen molar-refractivity contribution in [1.29, 1.82) is 0 Å². The fourth-order valence-electron chi connectivity index (χ4n) is 4.93. The van der Waals surface area contributed by atoms with Gasteiger partial charge in [-0.05, 0) is 62.0 Å². The first-order valence-corrected chi connectivity index (χ1v) is 9.75. The van der Waals surface area contributed by atoms with E-state index in [9.17, 15) is 19.5 Å². The number of aliphatic carboxylic acids is 1. The van der Waals surface area contributed by atoms with Crippen LogP contribution in [0.5, 0.6) is 0 Å². The average Bonchev–Trinajstić information content (AvgIpc) is 2.62. The van der Waals surface area contributed by atoms with Crippen LogP contribution in [0.3, 0.4) is 0 Å². The highest BCUT2D eigenvalue weighted by Gasteiger charge is 2.43. The van der Waals surface area contributed by atoms with Gasteiger partial charge in [0.05, 0.1) is 0 Å². The lowest BCUT2D eigenvalue weighted by molar-refractivity contribution is -0.133. The summed E-state index contributed by atoms with van der Waals surface area (Å²) in [4.78, 5) is 36.2. The van der Waals surface area contributed by atoms with Crippen LogP contribution >= 0.6 is 0 Å². The van der Waals surface area contributed by atoms with Crippen molar-refractivity contribution in [2.24, 2.45) is 29.6 Å². The van der Waals surface area contributed by atoms with E-state index in [1.165, 1.54) is 17.7 Å². The van der Waals surface area contributed by atoms with Gasteiger partial charge in [0.1, 0.15) is 0 Å². The van der Waals surface area contributed by atoms with Crippen LogP contribution in [-0.4, -0.2) is 22.6 Å². The Bertz CT molecular complexity index is 684. The number of carbonyl (C=O) groups excluding carboxylic acids is 2. The van der Waals surface area contributed by atoms with Crippen LogP contribution < -0.4 is 0 Å². The quantitative estimate of drug-likeness (QED) is 0.597. The Morgan fingerprint density at radius 2 is 1.73 bits per heavy atom.